The molecule has 0 bridgehead atoms. The number of halogens is 1. The van der Waals surface area contributed by atoms with Crippen molar-refractivity contribution in [1.82, 2.24) is 0 Å². The van der Waals surface area contributed by atoms with E-state index in [1.807, 2.05) is 0 Å². The van der Waals surface area contributed by atoms with Crippen molar-refractivity contribution >= 4 is 29.2 Å². The Morgan fingerprint density at radius 2 is 2.00 bits per heavy atom. The molecular weight excluding hydrogens is 306 g/mol. The van der Waals surface area contributed by atoms with Crippen LogP contribution in [0.25, 0.3) is 0 Å². The smallest absolute Gasteiger partial charge is 0.309 e. The van der Waals surface area contributed by atoms with Crippen molar-refractivity contribution in [2.75, 3.05) is 12.4 Å². The van der Waals surface area contributed by atoms with Crippen LogP contribution in [0.4, 0.5) is 5.69 Å². The minimum Gasteiger partial charge on any atom is -0.495 e. The Morgan fingerprint density at radius 1 is 1.32 bits per heavy atom. The van der Waals surface area contributed by atoms with Crippen LogP contribution in [0, 0.1) is 5.92 Å². The molecule has 0 spiro atoms. The first kappa shape index (κ1) is 16.6. The Bertz CT molecular complexity index is 555. The molecule has 1 fully saturated rings. The molecule has 22 heavy (non-hydrogen) atoms. The summed E-state index contributed by atoms with van der Waals surface area (Å²) in [4.78, 5) is 24.1. The lowest BCUT2D eigenvalue weighted by Crippen LogP contribution is -2.32. The molecule has 1 aliphatic carbocycles. The lowest BCUT2D eigenvalue weighted by Gasteiger charge is -2.17. The van der Waals surface area contributed by atoms with Gasteiger partial charge in [-0.25, -0.2) is 0 Å². The van der Waals surface area contributed by atoms with Gasteiger partial charge in [-0.2, -0.15) is 0 Å². The third-order valence-electron chi connectivity index (χ3n) is 3.77. The van der Waals surface area contributed by atoms with Crippen molar-refractivity contribution in [2.24, 2.45) is 5.92 Å². The van der Waals surface area contributed by atoms with Crippen LogP contribution in [0.1, 0.15) is 32.6 Å². The fourth-order valence-electron chi connectivity index (χ4n) is 2.50. The van der Waals surface area contributed by atoms with E-state index >= 15 is 0 Å². The van der Waals surface area contributed by atoms with E-state index in [1.165, 1.54) is 7.11 Å². The van der Waals surface area contributed by atoms with Crippen LogP contribution in [0.5, 0.6) is 5.75 Å². The van der Waals surface area contributed by atoms with E-state index in [0.29, 0.717) is 16.5 Å². The molecule has 1 amide bonds. The SMILES string of the molecule is COc1ccc(Cl)cc1NC(=O)[C@@H](C)OC(=O)C1CCCC1. The molecule has 2 rings (SSSR count). The highest BCUT2D eigenvalue weighted by Gasteiger charge is 2.27. The second kappa shape index (κ2) is 7.49. The van der Waals surface area contributed by atoms with Crippen LogP contribution in [-0.2, 0) is 14.3 Å². The summed E-state index contributed by atoms with van der Waals surface area (Å²) in [6.45, 7) is 1.55. The first-order valence-electron chi connectivity index (χ1n) is 7.36. The van der Waals surface area contributed by atoms with E-state index in [1.54, 1.807) is 25.1 Å². The van der Waals surface area contributed by atoms with Gasteiger partial charge < -0.3 is 14.8 Å². The van der Waals surface area contributed by atoms with Crippen molar-refractivity contribution in [3.05, 3.63) is 23.2 Å². The lowest BCUT2D eigenvalue weighted by molar-refractivity contribution is -0.157. The first-order chi connectivity index (χ1) is 10.5. The van der Waals surface area contributed by atoms with E-state index < -0.39 is 12.0 Å². The van der Waals surface area contributed by atoms with Gasteiger partial charge >= 0.3 is 5.97 Å². The minimum atomic E-state index is -0.864. The monoisotopic (exact) mass is 325 g/mol. The van der Waals surface area contributed by atoms with Crippen molar-refractivity contribution in [3.8, 4) is 5.75 Å². The van der Waals surface area contributed by atoms with Crippen molar-refractivity contribution in [1.29, 1.82) is 0 Å². The molecule has 120 valence electrons. The molecule has 0 aliphatic heterocycles. The van der Waals surface area contributed by atoms with E-state index in [4.69, 9.17) is 21.1 Å². The number of esters is 1. The molecule has 1 atom stereocenters. The van der Waals surface area contributed by atoms with Crippen LogP contribution in [0.2, 0.25) is 5.02 Å². The number of anilines is 1. The van der Waals surface area contributed by atoms with Gasteiger partial charge in [0.1, 0.15) is 5.75 Å². The summed E-state index contributed by atoms with van der Waals surface area (Å²) in [7, 11) is 1.50. The van der Waals surface area contributed by atoms with Gasteiger partial charge in [0.2, 0.25) is 0 Å². The van der Waals surface area contributed by atoms with E-state index in [0.717, 1.165) is 25.7 Å². The minimum absolute atomic E-state index is 0.0732. The maximum atomic E-state index is 12.2. The van der Waals surface area contributed by atoms with E-state index in [2.05, 4.69) is 5.32 Å². The van der Waals surface area contributed by atoms with Gasteiger partial charge in [-0.15, -0.1) is 0 Å². The number of rotatable bonds is 5. The number of nitrogens with one attached hydrogen (secondary N) is 1. The summed E-state index contributed by atoms with van der Waals surface area (Å²) in [6.07, 6.45) is 2.90. The van der Waals surface area contributed by atoms with Gasteiger partial charge in [0.25, 0.3) is 5.91 Å². The molecule has 1 aromatic carbocycles. The zero-order valence-electron chi connectivity index (χ0n) is 12.7. The molecule has 0 aromatic heterocycles. The third-order valence-corrected chi connectivity index (χ3v) is 4.01. The average molecular weight is 326 g/mol. The Labute approximate surface area is 134 Å². The van der Waals surface area contributed by atoms with Crippen LogP contribution >= 0.6 is 11.6 Å². The number of carbonyl (C=O) groups is 2. The normalized spacial score (nSPS) is 16.1. The fourth-order valence-corrected chi connectivity index (χ4v) is 2.67. The van der Waals surface area contributed by atoms with Gasteiger partial charge in [-0.3, -0.25) is 9.59 Å². The largest absolute Gasteiger partial charge is 0.495 e. The third kappa shape index (κ3) is 4.13. The molecule has 1 aliphatic rings. The molecule has 1 saturated carbocycles. The van der Waals surface area contributed by atoms with E-state index in [9.17, 15) is 9.59 Å². The highest BCUT2D eigenvalue weighted by atomic mass is 35.5. The van der Waals surface area contributed by atoms with Crippen molar-refractivity contribution in [3.63, 3.8) is 0 Å². The van der Waals surface area contributed by atoms with Crippen LogP contribution in [0.15, 0.2) is 18.2 Å². The average Bonchev–Trinajstić information content (AvgIpc) is 3.01. The Morgan fingerprint density at radius 3 is 2.64 bits per heavy atom. The molecule has 1 N–H and O–H groups in total. The summed E-state index contributed by atoms with van der Waals surface area (Å²) >= 11 is 5.92. The maximum Gasteiger partial charge on any atom is 0.309 e. The Balaban J connectivity index is 1.96. The second-order valence-corrected chi connectivity index (χ2v) is 5.83. The summed E-state index contributed by atoms with van der Waals surface area (Å²) < 4.78 is 10.4. The quantitative estimate of drug-likeness (QED) is 0.843. The van der Waals surface area contributed by atoms with Gasteiger partial charge in [0.05, 0.1) is 18.7 Å². The lowest BCUT2D eigenvalue weighted by atomic mass is 10.1. The van der Waals surface area contributed by atoms with Gasteiger partial charge in [0.15, 0.2) is 6.10 Å². The molecule has 1 aromatic rings. The number of hydrogen-bond acceptors (Lipinski definition) is 4. The number of ether oxygens (including phenoxy) is 2. The molecule has 0 unspecified atom stereocenters. The summed E-state index contributed by atoms with van der Waals surface area (Å²) in [5.41, 5.74) is 0.448. The summed E-state index contributed by atoms with van der Waals surface area (Å²) in [6, 6.07) is 4.91. The number of carbonyl (C=O) groups excluding carboxylic acids is 2. The Kier molecular flexibility index (Phi) is 5.66. The predicted octanol–water partition coefficient (Wildman–Crippen LogP) is 3.41. The predicted molar refractivity (Wildman–Crippen MR) is 84.1 cm³/mol. The van der Waals surface area contributed by atoms with Crippen molar-refractivity contribution < 1.29 is 19.1 Å². The topological polar surface area (TPSA) is 64.6 Å². The summed E-state index contributed by atoms with van der Waals surface area (Å²) in [5, 5.41) is 3.15. The van der Waals surface area contributed by atoms with Crippen molar-refractivity contribution in [2.45, 2.75) is 38.7 Å². The standard InChI is InChI=1S/C16H20ClNO4/c1-10(22-16(20)11-5-3-4-6-11)15(19)18-13-9-12(17)7-8-14(13)21-2/h7-11H,3-6H2,1-2H3,(H,18,19)/t10-/m1/s1. The van der Waals surface area contributed by atoms with Crippen LogP contribution in [0.3, 0.4) is 0 Å². The zero-order chi connectivity index (χ0) is 16.1. The number of methoxy groups -OCH3 is 1. The molecule has 0 heterocycles. The molecular formula is C16H20ClNO4. The van der Waals surface area contributed by atoms with Gasteiger partial charge in [-0.05, 0) is 38.0 Å². The number of hydrogen-bond donors (Lipinski definition) is 1. The molecule has 6 heteroatoms. The zero-order valence-corrected chi connectivity index (χ0v) is 13.5. The highest BCUT2D eigenvalue weighted by Crippen LogP contribution is 2.28. The highest BCUT2D eigenvalue weighted by molar-refractivity contribution is 6.31. The maximum absolute atomic E-state index is 12.2. The van der Waals surface area contributed by atoms with Crippen LogP contribution < -0.4 is 10.1 Å². The number of benzene rings is 1. The molecule has 0 radical (unpaired) electrons. The number of amides is 1. The van der Waals surface area contributed by atoms with E-state index in [-0.39, 0.29) is 11.9 Å². The van der Waals surface area contributed by atoms with Gasteiger partial charge in [0, 0.05) is 5.02 Å². The Hall–Kier alpha value is -1.75. The fraction of sp³-hybridized carbons (Fsp3) is 0.500. The molecule has 0 saturated heterocycles. The first-order valence-corrected chi connectivity index (χ1v) is 7.74. The second-order valence-electron chi connectivity index (χ2n) is 5.39. The summed E-state index contributed by atoms with van der Waals surface area (Å²) in [5.74, 6) is -0.284. The van der Waals surface area contributed by atoms with Gasteiger partial charge in [-0.1, -0.05) is 24.4 Å². The van der Waals surface area contributed by atoms with Crippen LogP contribution in [-0.4, -0.2) is 25.1 Å². The molecule has 5 nitrogen and oxygen atoms in total.